The van der Waals surface area contributed by atoms with Crippen LogP contribution in [-0.4, -0.2) is 18.5 Å². The minimum absolute atomic E-state index is 0.0742. The Labute approximate surface area is 135 Å². The van der Waals surface area contributed by atoms with Gasteiger partial charge in [0, 0.05) is 0 Å². The van der Waals surface area contributed by atoms with Crippen LogP contribution in [0.25, 0.3) is 0 Å². The molecule has 0 aliphatic heterocycles. The van der Waals surface area contributed by atoms with E-state index >= 15 is 0 Å². The van der Waals surface area contributed by atoms with Crippen LogP contribution in [0, 0.1) is 0 Å². The van der Waals surface area contributed by atoms with E-state index in [9.17, 15) is 22.8 Å². The van der Waals surface area contributed by atoms with Gasteiger partial charge in [-0.05, 0) is 43.3 Å². The van der Waals surface area contributed by atoms with Crippen molar-refractivity contribution < 1.29 is 31.9 Å². The molecule has 0 unspecified atom stereocenters. The van der Waals surface area contributed by atoms with Crippen molar-refractivity contribution in [2.75, 3.05) is 6.61 Å². The zero-order valence-electron chi connectivity index (χ0n) is 12.6. The molecule has 5 nitrogen and oxygen atoms in total. The molecule has 2 aromatic rings. The van der Waals surface area contributed by atoms with Crippen molar-refractivity contribution in [3.8, 4) is 0 Å². The lowest BCUT2D eigenvalue weighted by molar-refractivity contribution is -0.137. The Morgan fingerprint density at radius 2 is 1.88 bits per heavy atom. The van der Waals surface area contributed by atoms with Gasteiger partial charge in [0.1, 0.15) is 5.76 Å². The lowest BCUT2D eigenvalue weighted by atomic mass is 10.1. The van der Waals surface area contributed by atoms with Crippen molar-refractivity contribution in [2.45, 2.75) is 19.1 Å². The first kappa shape index (κ1) is 17.6. The summed E-state index contributed by atoms with van der Waals surface area (Å²) in [5.74, 6) is -0.902. The van der Waals surface area contributed by atoms with Crippen molar-refractivity contribution >= 4 is 11.9 Å². The van der Waals surface area contributed by atoms with Crippen LogP contribution in [0.15, 0.2) is 47.1 Å². The van der Waals surface area contributed by atoms with Crippen molar-refractivity contribution in [3.63, 3.8) is 0 Å². The van der Waals surface area contributed by atoms with Crippen LogP contribution in [0.3, 0.4) is 0 Å². The number of carbonyl (C=O) groups excluding carboxylic acids is 2. The average Bonchev–Trinajstić information content (AvgIpc) is 3.06. The van der Waals surface area contributed by atoms with Crippen LogP contribution in [0.2, 0.25) is 0 Å². The predicted octanol–water partition coefficient (Wildman–Crippen LogP) is 3.33. The van der Waals surface area contributed by atoms with Gasteiger partial charge in [-0.2, -0.15) is 13.2 Å². The summed E-state index contributed by atoms with van der Waals surface area (Å²) in [6, 6.07) is 6.48. The van der Waals surface area contributed by atoms with Crippen LogP contribution in [0.5, 0.6) is 0 Å². The molecule has 1 atom stereocenters. The molecular formula is C16H14F3NO4. The number of alkyl halides is 3. The molecule has 0 radical (unpaired) electrons. The van der Waals surface area contributed by atoms with E-state index in [0.29, 0.717) is 5.76 Å². The molecule has 0 spiro atoms. The molecule has 0 aliphatic carbocycles. The highest BCUT2D eigenvalue weighted by molar-refractivity contribution is 5.91. The molecule has 1 N–H and O–H groups in total. The quantitative estimate of drug-likeness (QED) is 0.847. The first-order valence-electron chi connectivity index (χ1n) is 6.94. The summed E-state index contributed by atoms with van der Waals surface area (Å²) in [5.41, 5.74) is -0.945. The number of carbonyl (C=O) groups is 2. The maximum Gasteiger partial charge on any atom is 0.416 e. The van der Waals surface area contributed by atoms with Crippen molar-refractivity contribution in [1.82, 2.24) is 5.32 Å². The highest BCUT2D eigenvalue weighted by Crippen LogP contribution is 2.29. The smallest absolute Gasteiger partial charge is 0.416 e. The number of nitrogens with one attached hydrogen (secondary N) is 1. The van der Waals surface area contributed by atoms with Gasteiger partial charge in [0.15, 0.2) is 6.61 Å². The Morgan fingerprint density at radius 1 is 1.21 bits per heavy atom. The molecule has 8 heteroatoms. The van der Waals surface area contributed by atoms with Crippen LogP contribution in [0.4, 0.5) is 13.2 Å². The fourth-order valence-corrected chi connectivity index (χ4v) is 1.90. The van der Waals surface area contributed by atoms with Gasteiger partial charge >= 0.3 is 12.1 Å². The minimum Gasteiger partial charge on any atom is -0.467 e. The second-order valence-corrected chi connectivity index (χ2v) is 4.96. The zero-order valence-corrected chi connectivity index (χ0v) is 12.6. The maximum absolute atomic E-state index is 12.4. The van der Waals surface area contributed by atoms with Crippen LogP contribution >= 0.6 is 0 Å². The van der Waals surface area contributed by atoms with Crippen LogP contribution in [-0.2, 0) is 15.7 Å². The zero-order chi connectivity index (χ0) is 17.7. The molecule has 1 amide bonds. The lowest BCUT2D eigenvalue weighted by Gasteiger charge is -2.12. The van der Waals surface area contributed by atoms with Gasteiger partial charge in [0.25, 0.3) is 5.91 Å². The van der Waals surface area contributed by atoms with Gasteiger partial charge in [-0.3, -0.25) is 4.79 Å². The normalized spacial score (nSPS) is 12.5. The van der Waals surface area contributed by atoms with Crippen molar-refractivity contribution in [2.24, 2.45) is 0 Å². The number of halogens is 3. The summed E-state index contributed by atoms with van der Waals surface area (Å²) in [7, 11) is 0. The van der Waals surface area contributed by atoms with E-state index in [0.717, 1.165) is 24.3 Å². The number of ether oxygens (including phenoxy) is 1. The fourth-order valence-electron chi connectivity index (χ4n) is 1.90. The number of furan rings is 1. The number of rotatable bonds is 5. The summed E-state index contributed by atoms with van der Waals surface area (Å²) >= 11 is 0. The summed E-state index contributed by atoms with van der Waals surface area (Å²) in [6.45, 7) is 1.14. The maximum atomic E-state index is 12.4. The average molecular weight is 341 g/mol. The van der Waals surface area contributed by atoms with E-state index in [1.807, 2.05) is 0 Å². The summed E-state index contributed by atoms with van der Waals surface area (Å²) < 4.78 is 47.2. The SMILES string of the molecule is C[C@@H](NC(=O)COC(=O)c1ccc(C(F)(F)F)cc1)c1ccco1. The summed E-state index contributed by atoms with van der Waals surface area (Å²) in [4.78, 5) is 23.4. The monoisotopic (exact) mass is 341 g/mol. The molecule has 2 rings (SSSR count). The van der Waals surface area contributed by atoms with E-state index in [-0.39, 0.29) is 5.56 Å². The third-order valence-electron chi connectivity index (χ3n) is 3.13. The van der Waals surface area contributed by atoms with Crippen LogP contribution < -0.4 is 5.32 Å². The standard InChI is InChI=1S/C16H14F3NO4/c1-10(13-3-2-8-23-13)20-14(21)9-24-15(22)11-4-6-12(7-5-11)16(17,18)19/h2-8,10H,9H2,1H3,(H,20,21)/t10-/m1/s1. The molecular weight excluding hydrogens is 327 g/mol. The van der Waals surface area contributed by atoms with Gasteiger partial charge in [-0.15, -0.1) is 0 Å². The molecule has 24 heavy (non-hydrogen) atoms. The third kappa shape index (κ3) is 4.61. The molecule has 0 fully saturated rings. The lowest BCUT2D eigenvalue weighted by Crippen LogP contribution is -2.31. The Hall–Kier alpha value is -2.77. The highest BCUT2D eigenvalue weighted by Gasteiger charge is 2.30. The van der Waals surface area contributed by atoms with Crippen LogP contribution in [0.1, 0.15) is 34.6 Å². The number of hydrogen-bond acceptors (Lipinski definition) is 4. The van der Waals surface area contributed by atoms with Gasteiger partial charge in [-0.25, -0.2) is 4.79 Å². The highest BCUT2D eigenvalue weighted by atomic mass is 19.4. The summed E-state index contributed by atoms with van der Waals surface area (Å²) in [5, 5.41) is 2.56. The Morgan fingerprint density at radius 3 is 2.42 bits per heavy atom. The van der Waals surface area contributed by atoms with Crippen molar-refractivity contribution in [1.29, 1.82) is 0 Å². The number of benzene rings is 1. The second-order valence-electron chi connectivity index (χ2n) is 4.96. The van der Waals surface area contributed by atoms with E-state index in [2.05, 4.69) is 5.32 Å². The molecule has 0 saturated carbocycles. The number of esters is 1. The van der Waals surface area contributed by atoms with E-state index < -0.39 is 36.3 Å². The molecule has 128 valence electrons. The first-order chi connectivity index (χ1) is 11.3. The Balaban J connectivity index is 1.85. The third-order valence-corrected chi connectivity index (χ3v) is 3.13. The van der Waals surface area contributed by atoms with Gasteiger partial charge in [0.05, 0.1) is 23.4 Å². The molecule has 1 aromatic heterocycles. The minimum atomic E-state index is -4.48. The van der Waals surface area contributed by atoms with Gasteiger partial charge in [0.2, 0.25) is 0 Å². The molecule has 0 saturated heterocycles. The molecule has 1 aromatic carbocycles. The molecule has 1 heterocycles. The second kappa shape index (κ2) is 7.20. The number of hydrogen-bond donors (Lipinski definition) is 1. The van der Waals surface area contributed by atoms with Gasteiger partial charge < -0.3 is 14.5 Å². The first-order valence-corrected chi connectivity index (χ1v) is 6.94. The molecule has 0 aliphatic rings. The molecule has 0 bridgehead atoms. The summed E-state index contributed by atoms with van der Waals surface area (Å²) in [6.07, 6.45) is -3.02. The van der Waals surface area contributed by atoms with Crippen molar-refractivity contribution in [3.05, 3.63) is 59.5 Å². The van der Waals surface area contributed by atoms with E-state index in [4.69, 9.17) is 9.15 Å². The Kier molecular flexibility index (Phi) is 5.28. The topological polar surface area (TPSA) is 68.5 Å². The Bertz CT molecular complexity index is 693. The van der Waals surface area contributed by atoms with Gasteiger partial charge in [-0.1, -0.05) is 0 Å². The largest absolute Gasteiger partial charge is 0.467 e. The van der Waals surface area contributed by atoms with E-state index in [1.165, 1.54) is 6.26 Å². The van der Waals surface area contributed by atoms with E-state index in [1.54, 1.807) is 19.1 Å². The predicted molar refractivity (Wildman–Crippen MR) is 77.0 cm³/mol. The number of amides is 1. The fraction of sp³-hybridized carbons (Fsp3) is 0.250.